The Morgan fingerprint density at radius 3 is 2.70 bits per heavy atom. The first-order valence-electron chi connectivity index (χ1n) is 5.44. The van der Waals surface area contributed by atoms with E-state index in [0.29, 0.717) is 10.7 Å². The first-order chi connectivity index (χ1) is 9.49. The smallest absolute Gasteiger partial charge is 0.338 e. The second-order valence-corrected chi connectivity index (χ2v) is 5.44. The van der Waals surface area contributed by atoms with Gasteiger partial charge in [-0.2, -0.15) is 0 Å². The molecule has 0 radical (unpaired) electrons. The molecule has 0 saturated heterocycles. The standard InChI is InChI=1S/C13H8ClIN2O3/c14-9-6-7(15)3-4-10(9)17-12(18)11-8(13(19)20)2-1-5-16-11/h1-6H,(H,17,18)(H,19,20). The number of aromatic nitrogens is 1. The van der Waals surface area contributed by atoms with Crippen LogP contribution in [-0.4, -0.2) is 22.0 Å². The van der Waals surface area contributed by atoms with E-state index in [1.807, 2.05) is 0 Å². The van der Waals surface area contributed by atoms with E-state index in [2.05, 4.69) is 32.9 Å². The van der Waals surface area contributed by atoms with E-state index < -0.39 is 11.9 Å². The topological polar surface area (TPSA) is 79.3 Å². The van der Waals surface area contributed by atoms with E-state index in [0.717, 1.165) is 3.57 Å². The van der Waals surface area contributed by atoms with Gasteiger partial charge in [0.15, 0.2) is 0 Å². The van der Waals surface area contributed by atoms with Gasteiger partial charge in [-0.05, 0) is 52.9 Å². The molecule has 1 heterocycles. The number of anilines is 1. The number of hydrogen-bond donors (Lipinski definition) is 2. The van der Waals surface area contributed by atoms with Crippen molar-refractivity contribution >= 4 is 51.8 Å². The maximum Gasteiger partial charge on any atom is 0.338 e. The highest BCUT2D eigenvalue weighted by atomic mass is 127. The molecule has 20 heavy (non-hydrogen) atoms. The molecular weight excluding hydrogens is 395 g/mol. The van der Waals surface area contributed by atoms with Gasteiger partial charge in [0.2, 0.25) is 0 Å². The summed E-state index contributed by atoms with van der Waals surface area (Å²) in [5.74, 6) is -1.83. The van der Waals surface area contributed by atoms with E-state index in [9.17, 15) is 9.59 Å². The predicted octanol–water partition coefficient (Wildman–Crippen LogP) is 3.29. The third-order valence-electron chi connectivity index (χ3n) is 2.43. The zero-order valence-corrected chi connectivity index (χ0v) is 12.8. The Labute approximate surface area is 133 Å². The Bertz CT molecular complexity index is 691. The minimum absolute atomic E-state index is 0.158. The van der Waals surface area contributed by atoms with E-state index in [4.69, 9.17) is 16.7 Å². The summed E-state index contributed by atoms with van der Waals surface area (Å²) in [7, 11) is 0. The molecule has 2 rings (SSSR count). The number of rotatable bonds is 3. The highest BCUT2D eigenvalue weighted by Crippen LogP contribution is 2.24. The van der Waals surface area contributed by atoms with Crippen LogP contribution in [0.15, 0.2) is 36.5 Å². The monoisotopic (exact) mass is 402 g/mol. The Morgan fingerprint density at radius 2 is 2.05 bits per heavy atom. The highest BCUT2D eigenvalue weighted by Gasteiger charge is 2.18. The predicted molar refractivity (Wildman–Crippen MR) is 83.3 cm³/mol. The lowest BCUT2D eigenvalue weighted by atomic mass is 10.2. The Kier molecular flexibility index (Phi) is 4.56. The summed E-state index contributed by atoms with van der Waals surface area (Å²) in [5, 5.41) is 11.9. The molecule has 0 spiro atoms. The Hall–Kier alpha value is -1.67. The quantitative estimate of drug-likeness (QED) is 0.772. The van der Waals surface area contributed by atoms with Crippen LogP contribution in [0.4, 0.5) is 5.69 Å². The summed E-state index contributed by atoms with van der Waals surface area (Å²) in [6, 6.07) is 7.89. The van der Waals surface area contributed by atoms with Crippen LogP contribution in [0.25, 0.3) is 0 Å². The summed E-state index contributed by atoms with van der Waals surface area (Å²) in [6.07, 6.45) is 1.36. The number of halogens is 2. The van der Waals surface area contributed by atoms with Gasteiger partial charge in [0, 0.05) is 9.77 Å². The molecule has 102 valence electrons. The average Bonchev–Trinajstić information content (AvgIpc) is 2.41. The molecule has 1 amide bonds. The molecule has 0 aliphatic carbocycles. The number of hydrogen-bond acceptors (Lipinski definition) is 3. The van der Waals surface area contributed by atoms with E-state index in [1.54, 1.807) is 18.2 Å². The summed E-state index contributed by atoms with van der Waals surface area (Å²) in [4.78, 5) is 26.9. The van der Waals surface area contributed by atoms with Gasteiger partial charge in [-0.15, -0.1) is 0 Å². The third kappa shape index (κ3) is 3.26. The zero-order chi connectivity index (χ0) is 14.7. The van der Waals surface area contributed by atoms with Crippen molar-refractivity contribution in [3.05, 3.63) is 56.4 Å². The second kappa shape index (κ2) is 6.19. The van der Waals surface area contributed by atoms with Crippen LogP contribution in [-0.2, 0) is 0 Å². The van der Waals surface area contributed by atoms with Crippen molar-refractivity contribution < 1.29 is 14.7 Å². The maximum absolute atomic E-state index is 12.1. The van der Waals surface area contributed by atoms with Crippen LogP contribution in [0.5, 0.6) is 0 Å². The van der Waals surface area contributed by atoms with Gasteiger partial charge in [-0.1, -0.05) is 11.6 Å². The number of nitrogens with one attached hydrogen (secondary N) is 1. The van der Waals surface area contributed by atoms with Crippen LogP contribution in [0.1, 0.15) is 20.8 Å². The lowest BCUT2D eigenvalue weighted by Crippen LogP contribution is -2.18. The molecule has 0 atom stereocenters. The number of benzene rings is 1. The summed E-state index contributed by atoms with van der Waals surface area (Å²) >= 11 is 8.10. The summed E-state index contributed by atoms with van der Waals surface area (Å²) in [6.45, 7) is 0. The van der Waals surface area contributed by atoms with E-state index in [-0.39, 0.29) is 11.3 Å². The lowest BCUT2D eigenvalue weighted by molar-refractivity contribution is 0.0691. The van der Waals surface area contributed by atoms with Crippen molar-refractivity contribution in [3.8, 4) is 0 Å². The molecule has 2 N–H and O–H groups in total. The first-order valence-corrected chi connectivity index (χ1v) is 6.89. The molecule has 5 nitrogen and oxygen atoms in total. The molecule has 0 saturated carbocycles. The number of nitrogens with zero attached hydrogens (tertiary/aromatic N) is 1. The molecule has 0 aliphatic rings. The minimum Gasteiger partial charge on any atom is -0.478 e. The Morgan fingerprint density at radius 1 is 1.30 bits per heavy atom. The number of carboxylic acid groups (broad SMARTS) is 1. The molecule has 0 aliphatic heterocycles. The fraction of sp³-hybridized carbons (Fsp3) is 0. The number of aromatic carboxylic acids is 1. The number of pyridine rings is 1. The molecular formula is C13H8ClIN2O3. The summed E-state index contributed by atoms with van der Waals surface area (Å²) in [5.41, 5.74) is 0.0836. The SMILES string of the molecule is O=C(O)c1cccnc1C(=O)Nc1ccc(I)cc1Cl. The van der Waals surface area contributed by atoms with Gasteiger partial charge in [0.1, 0.15) is 5.69 Å². The average molecular weight is 403 g/mol. The first kappa shape index (κ1) is 14.7. The molecule has 1 aromatic carbocycles. The fourth-order valence-corrected chi connectivity index (χ4v) is 2.43. The molecule has 0 unspecified atom stereocenters. The van der Waals surface area contributed by atoms with Crippen molar-refractivity contribution in [2.75, 3.05) is 5.32 Å². The molecule has 0 fully saturated rings. The fourth-order valence-electron chi connectivity index (χ4n) is 1.53. The van der Waals surface area contributed by atoms with E-state index in [1.165, 1.54) is 18.3 Å². The number of amides is 1. The van der Waals surface area contributed by atoms with Crippen LogP contribution in [0.3, 0.4) is 0 Å². The molecule has 7 heteroatoms. The van der Waals surface area contributed by atoms with Gasteiger partial charge in [0.05, 0.1) is 16.3 Å². The third-order valence-corrected chi connectivity index (χ3v) is 3.42. The second-order valence-electron chi connectivity index (χ2n) is 3.78. The molecule has 0 bridgehead atoms. The van der Waals surface area contributed by atoms with Crippen molar-refractivity contribution in [2.24, 2.45) is 0 Å². The molecule has 2 aromatic rings. The van der Waals surface area contributed by atoms with Crippen molar-refractivity contribution in [1.82, 2.24) is 4.98 Å². The van der Waals surface area contributed by atoms with Crippen molar-refractivity contribution in [1.29, 1.82) is 0 Å². The molecule has 1 aromatic heterocycles. The van der Waals surface area contributed by atoms with Gasteiger partial charge >= 0.3 is 5.97 Å². The number of carbonyl (C=O) groups is 2. The van der Waals surface area contributed by atoms with Crippen LogP contribution in [0, 0.1) is 3.57 Å². The number of carbonyl (C=O) groups excluding carboxylic acids is 1. The van der Waals surface area contributed by atoms with Crippen molar-refractivity contribution in [2.45, 2.75) is 0 Å². The number of carboxylic acids is 1. The zero-order valence-electron chi connectivity index (χ0n) is 9.93. The normalized spacial score (nSPS) is 10.1. The summed E-state index contributed by atoms with van der Waals surface area (Å²) < 4.78 is 0.926. The maximum atomic E-state index is 12.1. The van der Waals surface area contributed by atoms with Crippen molar-refractivity contribution in [3.63, 3.8) is 0 Å². The highest BCUT2D eigenvalue weighted by molar-refractivity contribution is 14.1. The van der Waals surface area contributed by atoms with Crippen LogP contribution in [0.2, 0.25) is 5.02 Å². The van der Waals surface area contributed by atoms with Crippen LogP contribution < -0.4 is 5.32 Å². The van der Waals surface area contributed by atoms with Gasteiger partial charge in [-0.25, -0.2) is 4.79 Å². The van der Waals surface area contributed by atoms with Gasteiger partial charge in [0.25, 0.3) is 5.91 Å². The van der Waals surface area contributed by atoms with Gasteiger partial charge in [-0.3, -0.25) is 9.78 Å². The van der Waals surface area contributed by atoms with E-state index >= 15 is 0 Å². The van der Waals surface area contributed by atoms with Gasteiger partial charge < -0.3 is 10.4 Å². The Balaban J connectivity index is 2.31. The largest absolute Gasteiger partial charge is 0.478 e. The minimum atomic E-state index is -1.21. The van der Waals surface area contributed by atoms with Crippen LogP contribution >= 0.6 is 34.2 Å². The lowest BCUT2D eigenvalue weighted by Gasteiger charge is -2.08.